The summed E-state index contributed by atoms with van der Waals surface area (Å²) in [5.74, 6) is 0.645. The lowest BCUT2D eigenvalue weighted by molar-refractivity contribution is -0.0241. The number of likely N-dealkylation sites (N-methyl/N-ethyl adjacent to an activating group) is 1. The van der Waals surface area contributed by atoms with Crippen LogP contribution in [0.3, 0.4) is 0 Å². The van der Waals surface area contributed by atoms with Crippen molar-refractivity contribution in [3.05, 3.63) is 35.4 Å². The quantitative estimate of drug-likeness (QED) is 0.814. The molecule has 0 radical (unpaired) electrons. The van der Waals surface area contributed by atoms with Gasteiger partial charge in [0.1, 0.15) is 0 Å². The number of benzene rings is 1. The minimum atomic E-state index is 0.345. The summed E-state index contributed by atoms with van der Waals surface area (Å²) in [5.41, 5.74) is 1.97. The van der Waals surface area contributed by atoms with Gasteiger partial charge in [-0.25, -0.2) is 0 Å². The van der Waals surface area contributed by atoms with Gasteiger partial charge in [-0.1, -0.05) is 12.1 Å². The lowest BCUT2D eigenvalue weighted by Gasteiger charge is -2.38. The third-order valence-electron chi connectivity index (χ3n) is 5.34. The number of hydrogen-bond donors (Lipinski definition) is 0. The minimum Gasteiger partial charge on any atom is -0.375 e. The molecule has 0 saturated carbocycles. The van der Waals surface area contributed by atoms with E-state index in [1.807, 2.05) is 18.2 Å². The average Bonchev–Trinajstić information content (AvgIpc) is 2.81. The number of fused-ring (bicyclic) bond motifs is 1. The Hall–Kier alpha value is -1.45. The monoisotopic (exact) mass is 342 g/mol. The third-order valence-corrected chi connectivity index (χ3v) is 5.34. The first kappa shape index (κ1) is 18.3. The molecule has 5 heteroatoms. The van der Waals surface area contributed by atoms with Crippen molar-refractivity contribution in [3.63, 3.8) is 0 Å². The highest BCUT2D eigenvalue weighted by Crippen LogP contribution is 2.25. The molecule has 2 heterocycles. The number of likely N-dealkylation sites (tertiary alicyclic amines) is 1. The molecule has 2 atom stereocenters. The Morgan fingerprint density at radius 1 is 1.24 bits per heavy atom. The molecule has 5 nitrogen and oxygen atoms in total. The summed E-state index contributed by atoms with van der Waals surface area (Å²) >= 11 is 0. The molecule has 2 fully saturated rings. The fraction of sp³-hybridized carbons (Fsp3) is 0.650. The van der Waals surface area contributed by atoms with Crippen LogP contribution in [0, 0.1) is 17.2 Å². The standard InChI is InChI=1S/C20H30N4O/c1-22(2)8-9-23-10-11-25-20-16-24(7-6-19(20)15-23)14-18-5-3-4-17(12-18)13-21/h3-5,12,19-20H,6-11,14-16H2,1-2H3/t19-,20-/m1/s1. The largest absolute Gasteiger partial charge is 0.375 e. The zero-order valence-corrected chi connectivity index (χ0v) is 15.5. The topological polar surface area (TPSA) is 42.7 Å². The van der Waals surface area contributed by atoms with Crippen LogP contribution in [0.5, 0.6) is 0 Å². The molecule has 0 aromatic heterocycles. The summed E-state index contributed by atoms with van der Waals surface area (Å²) in [4.78, 5) is 7.30. The van der Waals surface area contributed by atoms with Crippen molar-refractivity contribution in [1.29, 1.82) is 5.26 Å². The highest BCUT2D eigenvalue weighted by Gasteiger charge is 2.33. The van der Waals surface area contributed by atoms with Gasteiger partial charge in [0.05, 0.1) is 24.3 Å². The van der Waals surface area contributed by atoms with E-state index in [0.29, 0.717) is 12.0 Å². The normalized spacial score (nSPS) is 25.4. The number of nitriles is 1. The molecule has 0 bridgehead atoms. The fourth-order valence-electron chi connectivity index (χ4n) is 3.87. The van der Waals surface area contributed by atoms with Gasteiger partial charge in [0, 0.05) is 45.2 Å². The van der Waals surface area contributed by atoms with Crippen molar-refractivity contribution >= 4 is 0 Å². The van der Waals surface area contributed by atoms with Crippen molar-refractivity contribution in [2.75, 3.05) is 60.0 Å². The van der Waals surface area contributed by atoms with E-state index in [1.165, 1.54) is 12.0 Å². The highest BCUT2D eigenvalue weighted by atomic mass is 16.5. The Labute approximate surface area is 151 Å². The lowest BCUT2D eigenvalue weighted by atomic mass is 9.93. The molecule has 2 aliphatic rings. The van der Waals surface area contributed by atoms with Crippen molar-refractivity contribution in [1.82, 2.24) is 14.7 Å². The number of ether oxygens (including phenoxy) is 1. The molecule has 0 unspecified atom stereocenters. The van der Waals surface area contributed by atoms with E-state index < -0.39 is 0 Å². The van der Waals surface area contributed by atoms with Crippen LogP contribution in [0.15, 0.2) is 24.3 Å². The molecule has 2 saturated heterocycles. The predicted molar refractivity (Wildman–Crippen MR) is 99.3 cm³/mol. The number of hydrogen-bond acceptors (Lipinski definition) is 5. The van der Waals surface area contributed by atoms with Crippen molar-refractivity contribution in [2.24, 2.45) is 5.92 Å². The van der Waals surface area contributed by atoms with Gasteiger partial charge in [0.2, 0.25) is 0 Å². The Bertz CT molecular complexity index is 598. The average molecular weight is 342 g/mol. The van der Waals surface area contributed by atoms with Crippen LogP contribution >= 0.6 is 0 Å². The Kier molecular flexibility index (Phi) is 6.44. The van der Waals surface area contributed by atoms with E-state index in [4.69, 9.17) is 10.00 Å². The van der Waals surface area contributed by atoms with E-state index in [1.54, 1.807) is 0 Å². The van der Waals surface area contributed by atoms with Crippen LogP contribution in [-0.2, 0) is 11.3 Å². The van der Waals surface area contributed by atoms with Gasteiger partial charge in [0.15, 0.2) is 0 Å². The molecule has 136 valence electrons. The summed E-state index contributed by atoms with van der Waals surface area (Å²) in [6, 6.07) is 10.2. The second-order valence-electron chi connectivity index (χ2n) is 7.61. The van der Waals surface area contributed by atoms with Gasteiger partial charge >= 0.3 is 0 Å². The lowest BCUT2D eigenvalue weighted by Crippen LogP contribution is -2.46. The van der Waals surface area contributed by atoms with Crippen LogP contribution in [0.25, 0.3) is 0 Å². The van der Waals surface area contributed by atoms with E-state index in [9.17, 15) is 0 Å². The highest BCUT2D eigenvalue weighted by molar-refractivity contribution is 5.32. The summed E-state index contributed by atoms with van der Waals surface area (Å²) in [6.07, 6.45) is 1.54. The first-order chi connectivity index (χ1) is 12.1. The number of nitrogens with zero attached hydrogens (tertiary/aromatic N) is 4. The maximum absolute atomic E-state index is 9.07. The zero-order valence-electron chi connectivity index (χ0n) is 15.5. The van der Waals surface area contributed by atoms with Crippen LogP contribution in [-0.4, -0.2) is 80.8 Å². The first-order valence-electron chi connectivity index (χ1n) is 9.34. The van der Waals surface area contributed by atoms with Crippen LogP contribution in [0.4, 0.5) is 0 Å². The van der Waals surface area contributed by atoms with E-state index in [-0.39, 0.29) is 0 Å². The maximum Gasteiger partial charge on any atom is 0.0991 e. The van der Waals surface area contributed by atoms with Gasteiger partial charge in [-0.2, -0.15) is 5.26 Å². The van der Waals surface area contributed by atoms with Gasteiger partial charge in [0.25, 0.3) is 0 Å². The van der Waals surface area contributed by atoms with Gasteiger partial charge in [-0.3, -0.25) is 9.80 Å². The molecular formula is C20H30N4O. The molecule has 25 heavy (non-hydrogen) atoms. The second kappa shape index (κ2) is 8.77. The predicted octanol–water partition coefficient (Wildman–Crippen LogP) is 1.64. The maximum atomic E-state index is 9.07. The van der Waals surface area contributed by atoms with Gasteiger partial charge in [-0.15, -0.1) is 0 Å². The molecule has 1 aromatic carbocycles. The second-order valence-corrected chi connectivity index (χ2v) is 7.61. The zero-order chi connectivity index (χ0) is 17.6. The Morgan fingerprint density at radius 3 is 2.92 bits per heavy atom. The van der Waals surface area contributed by atoms with Crippen molar-refractivity contribution < 1.29 is 4.74 Å². The minimum absolute atomic E-state index is 0.345. The van der Waals surface area contributed by atoms with Crippen LogP contribution < -0.4 is 0 Å². The summed E-state index contributed by atoms with van der Waals surface area (Å²) in [5, 5.41) is 9.07. The molecule has 0 amide bonds. The first-order valence-corrected chi connectivity index (χ1v) is 9.34. The molecule has 0 spiro atoms. The summed E-state index contributed by atoms with van der Waals surface area (Å²) < 4.78 is 6.21. The Morgan fingerprint density at radius 2 is 2.12 bits per heavy atom. The van der Waals surface area contributed by atoms with Crippen molar-refractivity contribution in [3.8, 4) is 6.07 Å². The molecule has 2 aliphatic heterocycles. The van der Waals surface area contributed by atoms with Gasteiger partial charge in [-0.05, 0) is 44.8 Å². The van der Waals surface area contributed by atoms with Gasteiger partial charge < -0.3 is 9.64 Å². The fourth-order valence-corrected chi connectivity index (χ4v) is 3.87. The summed E-state index contributed by atoms with van der Waals surface area (Å²) in [7, 11) is 4.27. The summed E-state index contributed by atoms with van der Waals surface area (Å²) in [6.45, 7) is 8.31. The van der Waals surface area contributed by atoms with E-state index in [0.717, 1.165) is 58.0 Å². The molecule has 1 aromatic rings. The SMILES string of the molecule is CN(C)CCN1CCO[C@@H]2CN(Cc3cccc(C#N)c3)CC[C@@H]2C1. The van der Waals surface area contributed by atoms with E-state index in [2.05, 4.69) is 40.9 Å². The smallest absolute Gasteiger partial charge is 0.0991 e. The molecular weight excluding hydrogens is 312 g/mol. The Balaban J connectivity index is 1.54. The van der Waals surface area contributed by atoms with Crippen LogP contribution in [0.2, 0.25) is 0 Å². The molecule has 3 rings (SSSR count). The number of piperidine rings is 1. The third kappa shape index (κ3) is 5.26. The van der Waals surface area contributed by atoms with Crippen LogP contribution in [0.1, 0.15) is 17.5 Å². The molecule has 0 N–H and O–H groups in total. The molecule has 0 aliphatic carbocycles. The number of rotatable bonds is 5. The van der Waals surface area contributed by atoms with E-state index >= 15 is 0 Å². The van der Waals surface area contributed by atoms with Crippen molar-refractivity contribution in [2.45, 2.75) is 19.1 Å².